The molecule has 0 rings (SSSR count). The molecule has 5 N–H and O–H groups in total. The van der Waals surface area contributed by atoms with Gasteiger partial charge in [0.05, 0.1) is 19.3 Å². The second-order valence-electron chi connectivity index (χ2n) is 14.3. The summed E-state index contributed by atoms with van der Waals surface area (Å²) in [6.07, 6.45) is 35.1. The van der Waals surface area contributed by atoms with Crippen molar-refractivity contribution in [1.29, 1.82) is 0 Å². The second kappa shape index (κ2) is 37.2. The van der Waals surface area contributed by atoms with Crippen molar-refractivity contribution >= 4 is 25.7 Å². The van der Waals surface area contributed by atoms with Gasteiger partial charge < -0.3 is 30.3 Å². The van der Waals surface area contributed by atoms with E-state index in [1.807, 2.05) is 12.2 Å². The second-order valence-corrected chi connectivity index (χ2v) is 15.8. The number of aliphatic hydroxyl groups is 1. The van der Waals surface area contributed by atoms with Gasteiger partial charge in [-0.15, -0.1) is 0 Å². The summed E-state index contributed by atoms with van der Waals surface area (Å²) in [7, 11) is -4.74. The maximum Gasteiger partial charge on any atom is 0.472 e. The number of carboxylic acid groups (broad SMARTS) is 1. The smallest absolute Gasteiger partial charge is 0.472 e. The highest BCUT2D eigenvalue weighted by Gasteiger charge is 2.28. The largest absolute Gasteiger partial charge is 0.480 e. The van der Waals surface area contributed by atoms with Gasteiger partial charge in [-0.05, 0) is 57.8 Å². The average molecular weight is 802 g/mol. The molecule has 0 aliphatic rings. The van der Waals surface area contributed by atoms with E-state index in [1.165, 1.54) is 57.8 Å². The third-order valence-electron chi connectivity index (χ3n) is 8.96. The van der Waals surface area contributed by atoms with Gasteiger partial charge in [0.25, 0.3) is 0 Å². The van der Waals surface area contributed by atoms with Crippen molar-refractivity contribution in [3.05, 3.63) is 36.5 Å². The SMILES string of the molecule is CCCCC/C=C\C=C\C(O)CCCCCCCC(=O)OC(COC(=O)CCCCCCC/C=C\CCCCCCCC)COP(=O)(O)OCC(N)C(=O)O. The number of unbranched alkanes of at least 4 members (excludes halogenated alkanes) is 18. The molecule has 4 atom stereocenters. The van der Waals surface area contributed by atoms with E-state index in [4.69, 9.17) is 24.8 Å². The van der Waals surface area contributed by atoms with Gasteiger partial charge in [-0.2, -0.15) is 0 Å². The molecule has 0 saturated carbocycles. The lowest BCUT2D eigenvalue weighted by atomic mass is 10.1. The van der Waals surface area contributed by atoms with Gasteiger partial charge in [-0.1, -0.05) is 140 Å². The van der Waals surface area contributed by atoms with Crippen molar-refractivity contribution < 1.29 is 52.6 Å². The van der Waals surface area contributed by atoms with Crippen LogP contribution in [0.1, 0.15) is 174 Å². The number of hydrogen-bond donors (Lipinski definition) is 4. The molecule has 4 unspecified atom stereocenters. The van der Waals surface area contributed by atoms with Gasteiger partial charge in [0.1, 0.15) is 12.6 Å². The molecule has 0 amide bonds. The highest BCUT2D eigenvalue weighted by molar-refractivity contribution is 7.47. The maximum absolute atomic E-state index is 12.6. The minimum Gasteiger partial charge on any atom is -0.480 e. The van der Waals surface area contributed by atoms with Crippen LogP contribution in [0.4, 0.5) is 0 Å². The molecule has 0 aliphatic carbocycles. The molecule has 0 fully saturated rings. The number of nitrogens with two attached hydrogens (primary N) is 1. The van der Waals surface area contributed by atoms with Gasteiger partial charge in [0.15, 0.2) is 6.10 Å². The van der Waals surface area contributed by atoms with Crippen LogP contribution in [-0.4, -0.2) is 71.1 Å². The number of hydrogen-bond acceptors (Lipinski definition) is 10. The number of aliphatic carboxylic acids is 1. The van der Waals surface area contributed by atoms with E-state index in [2.05, 4.69) is 36.6 Å². The van der Waals surface area contributed by atoms with Crippen LogP contribution in [0.5, 0.6) is 0 Å². The molecule has 55 heavy (non-hydrogen) atoms. The molecule has 0 aliphatic heterocycles. The van der Waals surface area contributed by atoms with E-state index in [1.54, 1.807) is 6.08 Å². The minimum absolute atomic E-state index is 0.0933. The first-order valence-corrected chi connectivity index (χ1v) is 22.6. The van der Waals surface area contributed by atoms with Crippen molar-refractivity contribution in [2.24, 2.45) is 5.73 Å². The zero-order valence-corrected chi connectivity index (χ0v) is 35.0. The first kappa shape index (κ1) is 52.7. The third kappa shape index (κ3) is 37.0. The van der Waals surface area contributed by atoms with Crippen LogP contribution in [-0.2, 0) is 37.5 Å². The van der Waals surface area contributed by atoms with Crippen LogP contribution in [0.2, 0.25) is 0 Å². The van der Waals surface area contributed by atoms with E-state index >= 15 is 0 Å². The third-order valence-corrected chi connectivity index (χ3v) is 9.92. The Morgan fingerprint density at radius 2 is 1.13 bits per heavy atom. The standard InChI is InChI=1S/C42H76NO11P/c1-3-5-7-9-11-12-13-14-15-16-17-18-20-24-28-32-40(45)51-34-38(35-52-55(49,50)53-36-39(43)42(47)48)54-41(46)33-29-25-21-23-27-31-37(44)30-26-22-19-10-8-6-4-2/h14-15,19,22,26,30,37-39,44H,3-13,16-18,20-21,23-25,27-29,31-36,43H2,1-2H3,(H,47,48)(H,49,50)/b15-14-,22-19-,30-26+. The fourth-order valence-corrected chi connectivity index (χ4v) is 6.33. The number of carbonyl (C=O) groups excluding carboxylic acids is 2. The molecular weight excluding hydrogens is 725 g/mol. The first-order chi connectivity index (χ1) is 26.5. The van der Waals surface area contributed by atoms with E-state index < -0.39 is 57.2 Å². The lowest BCUT2D eigenvalue weighted by molar-refractivity contribution is -0.161. The summed E-state index contributed by atoms with van der Waals surface area (Å²) in [5.41, 5.74) is 5.32. The number of phosphoric acid groups is 1. The normalized spacial score (nSPS) is 14.7. The van der Waals surface area contributed by atoms with Crippen molar-refractivity contribution in [2.45, 2.75) is 193 Å². The van der Waals surface area contributed by atoms with Gasteiger partial charge >= 0.3 is 25.7 Å². The molecule has 0 aromatic rings. The Hall–Kier alpha value is -2.34. The summed E-state index contributed by atoms with van der Waals surface area (Å²) in [6, 6.07) is -1.54. The van der Waals surface area contributed by atoms with Crippen LogP contribution in [0.25, 0.3) is 0 Å². The number of allylic oxidation sites excluding steroid dienone is 5. The molecular formula is C42H76NO11P. The van der Waals surface area contributed by atoms with Crippen LogP contribution < -0.4 is 5.73 Å². The van der Waals surface area contributed by atoms with Crippen LogP contribution >= 0.6 is 7.82 Å². The average Bonchev–Trinajstić information content (AvgIpc) is 3.15. The van der Waals surface area contributed by atoms with Gasteiger partial charge in [-0.25, -0.2) is 4.57 Å². The monoisotopic (exact) mass is 802 g/mol. The molecule has 0 aromatic heterocycles. The Morgan fingerprint density at radius 1 is 0.636 bits per heavy atom. The van der Waals surface area contributed by atoms with Crippen molar-refractivity contribution in [1.82, 2.24) is 0 Å². The lowest BCUT2D eigenvalue weighted by Crippen LogP contribution is -2.34. The summed E-state index contributed by atoms with van der Waals surface area (Å²) in [5, 5.41) is 19.0. The molecule has 0 radical (unpaired) electrons. The van der Waals surface area contributed by atoms with E-state index in [0.717, 1.165) is 70.6 Å². The van der Waals surface area contributed by atoms with Gasteiger partial charge in [0.2, 0.25) is 0 Å². The fourth-order valence-electron chi connectivity index (χ4n) is 5.55. The predicted molar refractivity (Wildman–Crippen MR) is 218 cm³/mol. The molecule has 320 valence electrons. The number of ether oxygens (including phenoxy) is 2. The fraction of sp³-hybridized carbons (Fsp3) is 0.786. The molecule has 13 heteroatoms. The Labute approximate surface area is 332 Å². The topological polar surface area (TPSA) is 192 Å². The summed E-state index contributed by atoms with van der Waals surface area (Å²) in [5.74, 6) is -2.48. The van der Waals surface area contributed by atoms with Crippen molar-refractivity contribution in [3.8, 4) is 0 Å². The van der Waals surface area contributed by atoms with Crippen molar-refractivity contribution in [3.63, 3.8) is 0 Å². The van der Waals surface area contributed by atoms with Crippen LogP contribution in [0.15, 0.2) is 36.5 Å². The number of aliphatic hydroxyl groups excluding tert-OH is 1. The van der Waals surface area contributed by atoms with E-state index in [-0.39, 0.29) is 19.4 Å². The highest BCUT2D eigenvalue weighted by Crippen LogP contribution is 2.43. The van der Waals surface area contributed by atoms with Gasteiger partial charge in [0, 0.05) is 12.8 Å². The summed E-state index contributed by atoms with van der Waals surface area (Å²) < 4.78 is 32.6. The predicted octanol–water partition coefficient (Wildman–Crippen LogP) is 9.81. The minimum atomic E-state index is -4.74. The maximum atomic E-state index is 12.6. The Balaban J connectivity index is 4.48. The Bertz CT molecular complexity index is 1100. The van der Waals surface area contributed by atoms with Gasteiger partial charge in [-0.3, -0.25) is 23.4 Å². The van der Waals surface area contributed by atoms with Crippen molar-refractivity contribution in [2.75, 3.05) is 19.8 Å². The quantitative estimate of drug-likeness (QED) is 0.0151. The number of carbonyl (C=O) groups is 3. The Kier molecular flexibility index (Phi) is 35.7. The lowest BCUT2D eigenvalue weighted by Gasteiger charge is -2.20. The Morgan fingerprint density at radius 3 is 1.75 bits per heavy atom. The first-order valence-electron chi connectivity index (χ1n) is 21.1. The molecule has 0 bridgehead atoms. The zero-order chi connectivity index (χ0) is 40.8. The molecule has 12 nitrogen and oxygen atoms in total. The number of esters is 2. The molecule has 0 saturated heterocycles. The number of carboxylic acids is 1. The molecule has 0 heterocycles. The van der Waals surface area contributed by atoms with E-state index in [9.17, 15) is 28.9 Å². The summed E-state index contributed by atoms with van der Waals surface area (Å²) in [6.45, 7) is 2.64. The summed E-state index contributed by atoms with van der Waals surface area (Å²) in [4.78, 5) is 45.9. The molecule has 0 aromatic carbocycles. The van der Waals surface area contributed by atoms with Crippen LogP contribution in [0, 0.1) is 0 Å². The van der Waals surface area contributed by atoms with Crippen LogP contribution in [0.3, 0.4) is 0 Å². The number of rotatable bonds is 39. The summed E-state index contributed by atoms with van der Waals surface area (Å²) >= 11 is 0. The highest BCUT2D eigenvalue weighted by atomic mass is 31.2. The zero-order valence-electron chi connectivity index (χ0n) is 34.1. The molecule has 0 spiro atoms. The van der Waals surface area contributed by atoms with E-state index in [0.29, 0.717) is 19.3 Å². The number of phosphoric ester groups is 1.